The molecule has 7 nitrogen and oxygen atoms in total. The molecule has 1 aliphatic heterocycles. The SMILES string of the molecule is COCCN1C(=O)c2ccccc2[C@H](C(=O)O)[C@@H]1c1nccn1C. The largest absolute Gasteiger partial charge is 0.481 e. The number of nitrogens with zero attached hydrogens (tertiary/aromatic N) is 3. The van der Waals surface area contributed by atoms with Crippen LogP contribution in [0.2, 0.25) is 0 Å². The second-order valence-corrected chi connectivity index (χ2v) is 5.74. The second kappa shape index (κ2) is 6.45. The van der Waals surface area contributed by atoms with Crippen LogP contribution in [0.1, 0.15) is 33.7 Å². The van der Waals surface area contributed by atoms with E-state index in [4.69, 9.17) is 4.74 Å². The number of aryl methyl sites for hydroxylation is 1. The molecule has 0 spiro atoms. The molecule has 126 valence electrons. The molecular weight excluding hydrogens is 310 g/mol. The standard InChI is InChI=1S/C17H19N3O4/c1-19-8-7-18-15(19)14-13(17(22)23)11-5-3-4-6-12(11)16(21)20(14)9-10-24-2/h3-8,13-14H,9-10H2,1-2H3,(H,22,23)/t13-,14+/m0/s1. The second-order valence-electron chi connectivity index (χ2n) is 5.74. The van der Waals surface area contributed by atoms with Crippen LogP contribution in [0.4, 0.5) is 0 Å². The number of imidazole rings is 1. The van der Waals surface area contributed by atoms with Gasteiger partial charge >= 0.3 is 5.97 Å². The predicted octanol–water partition coefficient (Wildman–Crippen LogP) is 1.43. The predicted molar refractivity (Wildman–Crippen MR) is 85.7 cm³/mol. The highest BCUT2D eigenvalue weighted by molar-refractivity contribution is 6.00. The molecule has 0 unspecified atom stereocenters. The van der Waals surface area contributed by atoms with Crippen LogP contribution in [0.15, 0.2) is 36.7 Å². The maximum absolute atomic E-state index is 12.9. The Bertz CT molecular complexity index is 771. The molecule has 1 N–H and O–H groups in total. The van der Waals surface area contributed by atoms with Crippen LogP contribution in [0, 0.1) is 0 Å². The number of carboxylic acids is 1. The van der Waals surface area contributed by atoms with Gasteiger partial charge in [0.05, 0.1) is 6.61 Å². The van der Waals surface area contributed by atoms with Crippen molar-refractivity contribution in [2.45, 2.75) is 12.0 Å². The van der Waals surface area contributed by atoms with Crippen molar-refractivity contribution in [2.24, 2.45) is 7.05 Å². The topological polar surface area (TPSA) is 84.7 Å². The van der Waals surface area contributed by atoms with Crippen LogP contribution in [0.25, 0.3) is 0 Å². The highest BCUT2D eigenvalue weighted by Gasteiger charge is 2.45. The lowest BCUT2D eigenvalue weighted by molar-refractivity contribution is -0.140. The third-order valence-corrected chi connectivity index (χ3v) is 4.36. The van der Waals surface area contributed by atoms with Crippen molar-refractivity contribution in [1.29, 1.82) is 0 Å². The van der Waals surface area contributed by atoms with Crippen molar-refractivity contribution in [3.63, 3.8) is 0 Å². The van der Waals surface area contributed by atoms with Crippen molar-refractivity contribution < 1.29 is 19.4 Å². The van der Waals surface area contributed by atoms with Crippen LogP contribution < -0.4 is 0 Å². The van der Waals surface area contributed by atoms with Gasteiger partial charge in [-0.15, -0.1) is 0 Å². The van der Waals surface area contributed by atoms with Crippen molar-refractivity contribution in [1.82, 2.24) is 14.5 Å². The molecule has 7 heteroatoms. The van der Waals surface area contributed by atoms with E-state index >= 15 is 0 Å². The fourth-order valence-corrected chi connectivity index (χ4v) is 3.24. The average molecular weight is 329 g/mol. The van der Waals surface area contributed by atoms with Gasteiger partial charge in [-0.25, -0.2) is 4.98 Å². The summed E-state index contributed by atoms with van der Waals surface area (Å²) in [5.74, 6) is -1.52. The van der Waals surface area contributed by atoms with E-state index in [1.807, 2.05) is 0 Å². The summed E-state index contributed by atoms with van der Waals surface area (Å²) in [6, 6.07) is 6.19. The van der Waals surface area contributed by atoms with Gasteiger partial charge in [-0.3, -0.25) is 9.59 Å². The van der Waals surface area contributed by atoms with Gasteiger partial charge in [0.25, 0.3) is 5.91 Å². The maximum Gasteiger partial charge on any atom is 0.313 e. The van der Waals surface area contributed by atoms with E-state index in [9.17, 15) is 14.7 Å². The first-order valence-corrected chi connectivity index (χ1v) is 7.65. The molecule has 2 atom stereocenters. The lowest BCUT2D eigenvalue weighted by Gasteiger charge is -2.39. The van der Waals surface area contributed by atoms with Gasteiger partial charge in [0, 0.05) is 38.7 Å². The Kier molecular flexibility index (Phi) is 4.35. The van der Waals surface area contributed by atoms with Crippen LogP contribution in [0.5, 0.6) is 0 Å². The Balaban J connectivity index is 2.18. The molecule has 1 aliphatic rings. The fraction of sp³-hybridized carbons (Fsp3) is 0.353. The number of rotatable bonds is 5. The van der Waals surface area contributed by atoms with Gasteiger partial charge in [0.2, 0.25) is 0 Å². The molecule has 2 heterocycles. The normalized spacial score (nSPS) is 20.1. The molecular formula is C17H19N3O4. The summed E-state index contributed by atoms with van der Waals surface area (Å²) in [5.41, 5.74) is 0.947. The first kappa shape index (κ1) is 16.2. The number of fused-ring (bicyclic) bond motifs is 1. The van der Waals surface area contributed by atoms with E-state index in [0.717, 1.165) is 0 Å². The third-order valence-electron chi connectivity index (χ3n) is 4.36. The van der Waals surface area contributed by atoms with Crippen molar-refractivity contribution in [3.05, 3.63) is 53.6 Å². The van der Waals surface area contributed by atoms with E-state index in [1.54, 1.807) is 60.3 Å². The molecule has 1 amide bonds. The summed E-state index contributed by atoms with van der Waals surface area (Å²) < 4.78 is 6.86. The monoisotopic (exact) mass is 329 g/mol. The fourth-order valence-electron chi connectivity index (χ4n) is 3.24. The molecule has 1 aromatic carbocycles. The summed E-state index contributed by atoms with van der Waals surface area (Å²) in [6.45, 7) is 0.617. The van der Waals surface area contributed by atoms with Gasteiger partial charge < -0.3 is 19.3 Å². The first-order chi connectivity index (χ1) is 11.6. The molecule has 3 rings (SSSR count). The van der Waals surface area contributed by atoms with Crippen molar-refractivity contribution >= 4 is 11.9 Å². The molecule has 0 aliphatic carbocycles. The number of aromatic nitrogens is 2. The maximum atomic E-state index is 12.9. The minimum Gasteiger partial charge on any atom is -0.481 e. The zero-order valence-corrected chi connectivity index (χ0v) is 13.5. The van der Waals surface area contributed by atoms with E-state index in [0.29, 0.717) is 30.1 Å². The van der Waals surface area contributed by atoms with E-state index in [2.05, 4.69) is 4.98 Å². The number of ether oxygens (including phenoxy) is 1. The molecule has 24 heavy (non-hydrogen) atoms. The van der Waals surface area contributed by atoms with Crippen LogP contribution >= 0.6 is 0 Å². The Labute approximate surface area is 139 Å². The Morgan fingerprint density at radius 2 is 2.12 bits per heavy atom. The number of hydrogen-bond acceptors (Lipinski definition) is 4. The molecule has 0 bridgehead atoms. The Morgan fingerprint density at radius 3 is 2.75 bits per heavy atom. The highest BCUT2D eigenvalue weighted by atomic mass is 16.5. The summed E-state index contributed by atoms with van der Waals surface area (Å²) in [4.78, 5) is 30.9. The molecule has 0 saturated carbocycles. The Hall–Kier alpha value is -2.67. The Morgan fingerprint density at radius 1 is 1.38 bits per heavy atom. The van der Waals surface area contributed by atoms with E-state index < -0.39 is 17.9 Å². The van der Waals surface area contributed by atoms with Crippen LogP contribution in [-0.4, -0.2) is 51.7 Å². The average Bonchev–Trinajstić information content (AvgIpc) is 2.99. The lowest BCUT2D eigenvalue weighted by Crippen LogP contribution is -2.47. The number of carbonyl (C=O) groups is 2. The van der Waals surface area contributed by atoms with Crippen LogP contribution in [0.3, 0.4) is 0 Å². The highest BCUT2D eigenvalue weighted by Crippen LogP contribution is 2.41. The molecule has 0 radical (unpaired) electrons. The molecule has 2 aromatic rings. The summed E-state index contributed by atoms with van der Waals surface area (Å²) >= 11 is 0. The number of carboxylic acid groups (broad SMARTS) is 1. The van der Waals surface area contributed by atoms with Crippen LogP contribution in [-0.2, 0) is 16.6 Å². The number of methoxy groups -OCH3 is 1. The smallest absolute Gasteiger partial charge is 0.313 e. The summed E-state index contributed by atoms with van der Waals surface area (Å²) in [7, 11) is 3.34. The number of amides is 1. The van der Waals surface area contributed by atoms with E-state index in [1.165, 1.54) is 0 Å². The number of carbonyl (C=O) groups excluding carboxylic acids is 1. The first-order valence-electron chi connectivity index (χ1n) is 7.65. The zero-order valence-electron chi connectivity index (χ0n) is 13.5. The summed E-state index contributed by atoms with van der Waals surface area (Å²) in [5, 5.41) is 9.87. The van der Waals surface area contributed by atoms with Gasteiger partial charge in [0.15, 0.2) is 0 Å². The van der Waals surface area contributed by atoms with Gasteiger partial charge in [-0.2, -0.15) is 0 Å². The van der Waals surface area contributed by atoms with Crippen molar-refractivity contribution in [2.75, 3.05) is 20.3 Å². The molecule has 0 fully saturated rings. The summed E-state index contributed by atoms with van der Waals surface area (Å²) in [6.07, 6.45) is 3.35. The van der Waals surface area contributed by atoms with E-state index in [-0.39, 0.29) is 5.91 Å². The zero-order chi connectivity index (χ0) is 17.3. The molecule has 1 aromatic heterocycles. The van der Waals surface area contributed by atoms with Gasteiger partial charge in [0.1, 0.15) is 17.8 Å². The minimum absolute atomic E-state index is 0.201. The number of hydrogen-bond donors (Lipinski definition) is 1. The van der Waals surface area contributed by atoms with Gasteiger partial charge in [-0.1, -0.05) is 18.2 Å². The molecule has 0 saturated heterocycles. The van der Waals surface area contributed by atoms with Gasteiger partial charge in [-0.05, 0) is 11.6 Å². The quantitative estimate of drug-likeness (QED) is 0.897. The number of aliphatic carboxylic acids is 1. The number of benzene rings is 1. The van der Waals surface area contributed by atoms with Crippen molar-refractivity contribution in [3.8, 4) is 0 Å². The third kappa shape index (κ3) is 2.56. The minimum atomic E-state index is -0.981. The lowest BCUT2D eigenvalue weighted by atomic mass is 9.82.